The van der Waals surface area contributed by atoms with Gasteiger partial charge < -0.3 is 23.9 Å². The first-order valence-corrected chi connectivity index (χ1v) is 15.2. The molecule has 2 fully saturated rings. The van der Waals surface area contributed by atoms with Crippen molar-refractivity contribution < 1.29 is 28.2 Å². The van der Waals surface area contributed by atoms with Gasteiger partial charge in [-0.3, -0.25) is 9.69 Å². The standard InChI is InChI=1S/C33H44FN3O5/c1-7-39-26-18-23(19-27(40-8-2)29(26)24-10-12-25(34)13-11-24)21-37-22-33(31(37,4)5)20-28(35-42-33)36-16-14-32(6,15-17-36)30(38)41-9-3/h10-13,18-19H,7-9,14-17,20-22H2,1-6H3. The summed E-state index contributed by atoms with van der Waals surface area (Å²) in [5, 5.41) is 4.56. The molecule has 2 aromatic carbocycles. The van der Waals surface area contributed by atoms with Gasteiger partial charge in [0.25, 0.3) is 0 Å². The van der Waals surface area contributed by atoms with Gasteiger partial charge in [0, 0.05) is 26.2 Å². The Morgan fingerprint density at radius 2 is 1.60 bits per heavy atom. The van der Waals surface area contributed by atoms with Crippen LogP contribution in [-0.2, 0) is 20.9 Å². The fraction of sp³-hybridized carbons (Fsp3) is 0.576. The second-order valence-electron chi connectivity index (χ2n) is 12.3. The number of oxime groups is 1. The van der Waals surface area contributed by atoms with Crippen LogP contribution in [0.2, 0.25) is 0 Å². The van der Waals surface area contributed by atoms with Crippen LogP contribution >= 0.6 is 0 Å². The lowest BCUT2D eigenvalue weighted by Crippen LogP contribution is -2.76. The monoisotopic (exact) mass is 581 g/mol. The maximum atomic E-state index is 13.7. The highest BCUT2D eigenvalue weighted by atomic mass is 19.1. The number of ether oxygens (including phenoxy) is 3. The van der Waals surface area contributed by atoms with Crippen LogP contribution in [0.5, 0.6) is 11.5 Å². The van der Waals surface area contributed by atoms with Crippen LogP contribution in [-0.4, -0.2) is 72.2 Å². The van der Waals surface area contributed by atoms with E-state index in [1.54, 1.807) is 12.1 Å². The van der Waals surface area contributed by atoms with E-state index in [9.17, 15) is 9.18 Å². The molecular formula is C33H44FN3O5. The van der Waals surface area contributed by atoms with Crippen LogP contribution in [0.4, 0.5) is 4.39 Å². The van der Waals surface area contributed by atoms with E-state index in [0.717, 1.165) is 72.9 Å². The lowest BCUT2D eigenvalue weighted by molar-refractivity contribution is -0.220. The van der Waals surface area contributed by atoms with Crippen molar-refractivity contribution >= 4 is 11.8 Å². The molecule has 0 amide bonds. The van der Waals surface area contributed by atoms with Gasteiger partial charge in [0.15, 0.2) is 5.60 Å². The molecule has 42 heavy (non-hydrogen) atoms. The molecule has 228 valence electrons. The number of nitrogens with zero attached hydrogens (tertiary/aromatic N) is 3. The Morgan fingerprint density at radius 3 is 2.14 bits per heavy atom. The summed E-state index contributed by atoms with van der Waals surface area (Å²) in [6.45, 7) is 16.6. The molecule has 0 aliphatic carbocycles. The van der Waals surface area contributed by atoms with E-state index < -0.39 is 11.0 Å². The normalized spacial score (nSPS) is 22.7. The molecule has 3 aliphatic rings. The number of rotatable bonds is 9. The van der Waals surface area contributed by atoms with E-state index in [2.05, 4.69) is 40.9 Å². The largest absolute Gasteiger partial charge is 0.493 e. The molecular weight excluding hydrogens is 537 g/mol. The van der Waals surface area contributed by atoms with Gasteiger partial charge in [-0.05, 0) is 89.8 Å². The number of amidine groups is 1. The highest BCUT2D eigenvalue weighted by molar-refractivity contribution is 5.85. The molecule has 8 nitrogen and oxygen atoms in total. The molecule has 3 heterocycles. The lowest BCUT2D eigenvalue weighted by atomic mass is 9.70. The summed E-state index contributed by atoms with van der Waals surface area (Å²) in [5.41, 5.74) is 1.65. The number of likely N-dealkylation sites (tertiary alicyclic amines) is 2. The summed E-state index contributed by atoms with van der Waals surface area (Å²) in [6.07, 6.45) is 2.22. The minimum absolute atomic E-state index is 0.104. The number of carbonyl (C=O) groups excluding carboxylic acids is 1. The van der Waals surface area contributed by atoms with Crippen molar-refractivity contribution in [1.29, 1.82) is 0 Å². The summed E-state index contributed by atoms with van der Waals surface area (Å²) in [4.78, 5) is 23.3. The van der Waals surface area contributed by atoms with Crippen molar-refractivity contribution in [2.24, 2.45) is 10.6 Å². The number of hydrogen-bond donors (Lipinski definition) is 0. The van der Waals surface area contributed by atoms with Gasteiger partial charge >= 0.3 is 5.97 Å². The van der Waals surface area contributed by atoms with Gasteiger partial charge in [-0.2, -0.15) is 0 Å². The third kappa shape index (κ3) is 5.43. The van der Waals surface area contributed by atoms with Crippen molar-refractivity contribution in [3.05, 3.63) is 47.8 Å². The van der Waals surface area contributed by atoms with Crippen LogP contribution in [0, 0.1) is 11.2 Å². The van der Waals surface area contributed by atoms with Gasteiger partial charge in [-0.25, -0.2) is 4.39 Å². The fourth-order valence-electron chi connectivity index (χ4n) is 6.36. The highest BCUT2D eigenvalue weighted by Gasteiger charge is 2.64. The van der Waals surface area contributed by atoms with E-state index in [-0.39, 0.29) is 17.3 Å². The molecule has 1 spiro atoms. The van der Waals surface area contributed by atoms with Crippen molar-refractivity contribution in [3.63, 3.8) is 0 Å². The Morgan fingerprint density at radius 1 is 0.976 bits per heavy atom. The lowest BCUT2D eigenvalue weighted by Gasteiger charge is -2.60. The molecule has 3 aliphatic heterocycles. The van der Waals surface area contributed by atoms with Gasteiger partial charge in [-0.15, -0.1) is 0 Å². The average molecular weight is 582 g/mol. The quantitative estimate of drug-likeness (QED) is 0.335. The molecule has 1 atom stereocenters. The first-order valence-electron chi connectivity index (χ1n) is 15.2. The molecule has 0 bridgehead atoms. The number of benzene rings is 2. The number of halogens is 1. The van der Waals surface area contributed by atoms with Crippen LogP contribution < -0.4 is 9.47 Å². The van der Waals surface area contributed by atoms with E-state index in [4.69, 9.17) is 19.0 Å². The van der Waals surface area contributed by atoms with Gasteiger partial charge in [0.1, 0.15) is 23.2 Å². The smallest absolute Gasteiger partial charge is 0.311 e. The van der Waals surface area contributed by atoms with Gasteiger partial charge in [0.2, 0.25) is 0 Å². The summed E-state index contributed by atoms with van der Waals surface area (Å²) in [6, 6.07) is 10.6. The number of carbonyl (C=O) groups is 1. The second kappa shape index (κ2) is 11.7. The summed E-state index contributed by atoms with van der Waals surface area (Å²) >= 11 is 0. The number of esters is 1. The molecule has 0 saturated carbocycles. The minimum atomic E-state index is -0.441. The molecule has 2 saturated heterocycles. The topological polar surface area (TPSA) is 72.8 Å². The Hall–Kier alpha value is -3.33. The minimum Gasteiger partial charge on any atom is -0.493 e. The maximum Gasteiger partial charge on any atom is 0.311 e. The zero-order valence-electron chi connectivity index (χ0n) is 25.8. The Bertz CT molecular complexity index is 1290. The number of hydrogen-bond acceptors (Lipinski definition) is 8. The van der Waals surface area contributed by atoms with E-state index in [1.807, 2.05) is 27.7 Å². The average Bonchev–Trinajstić information content (AvgIpc) is 3.42. The number of piperidine rings is 1. The van der Waals surface area contributed by atoms with Crippen molar-refractivity contribution in [2.75, 3.05) is 39.5 Å². The molecule has 2 aromatic rings. The Balaban J connectivity index is 1.28. The second-order valence-corrected chi connectivity index (χ2v) is 12.3. The molecule has 0 radical (unpaired) electrons. The first kappa shape index (κ1) is 30.1. The van der Waals surface area contributed by atoms with E-state index in [1.165, 1.54) is 12.1 Å². The zero-order valence-corrected chi connectivity index (χ0v) is 25.8. The van der Waals surface area contributed by atoms with Crippen LogP contribution in [0.3, 0.4) is 0 Å². The van der Waals surface area contributed by atoms with Gasteiger partial charge in [-0.1, -0.05) is 17.3 Å². The van der Waals surface area contributed by atoms with Crippen LogP contribution in [0.25, 0.3) is 11.1 Å². The van der Waals surface area contributed by atoms with Crippen LogP contribution in [0.1, 0.15) is 66.4 Å². The molecule has 9 heteroatoms. The molecule has 0 aromatic heterocycles. The van der Waals surface area contributed by atoms with Gasteiger partial charge in [0.05, 0.1) is 42.8 Å². The third-order valence-corrected chi connectivity index (χ3v) is 9.35. The summed E-state index contributed by atoms with van der Waals surface area (Å²) in [7, 11) is 0. The SMILES string of the molecule is CCOC(=O)C1(C)CCN(C2=NOC3(C2)CN(Cc2cc(OCC)c(-c4ccc(F)cc4)c(OCC)c2)C3(C)C)CC1. The fourth-order valence-corrected chi connectivity index (χ4v) is 6.36. The Labute approximate surface area is 248 Å². The first-order chi connectivity index (χ1) is 20.1. The predicted octanol–water partition coefficient (Wildman–Crippen LogP) is 6.02. The zero-order chi connectivity index (χ0) is 30.1. The highest BCUT2D eigenvalue weighted by Crippen LogP contribution is 2.50. The molecule has 0 N–H and O–H groups in total. The van der Waals surface area contributed by atoms with E-state index in [0.29, 0.717) is 26.4 Å². The van der Waals surface area contributed by atoms with Crippen molar-refractivity contribution in [2.45, 2.75) is 78.5 Å². The summed E-state index contributed by atoms with van der Waals surface area (Å²) in [5.74, 6) is 2.03. The van der Waals surface area contributed by atoms with E-state index >= 15 is 0 Å². The van der Waals surface area contributed by atoms with Crippen molar-refractivity contribution in [3.8, 4) is 22.6 Å². The summed E-state index contributed by atoms with van der Waals surface area (Å²) < 4.78 is 31.1. The molecule has 1 unspecified atom stereocenters. The van der Waals surface area contributed by atoms with Crippen LogP contribution in [0.15, 0.2) is 41.6 Å². The molecule has 5 rings (SSSR count). The maximum absolute atomic E-state index is 13.7. The predicted molar refractivity (Wildman–Crippen MR) is 160 cm³/mol. The Kier molecular flexibility index (Phi) is 8.43. The third-order valence-electron chi connectivity index (χ3n) is 9.35. The van der Waals surface area contributed by atoms with Crippen molar-refractivity contribution in [1.82, 2.24) is 9.80 Å².